The molecule has 2 nitrogen and oxygen atoms in total. The van der Waals surface area contributed by atoms with Crippen LogP contribution in [0.15, 0.2) is 11.1 Å². The molecule has 0 amide bonds. The SMILES string of the molecule is CC(C)(C)C1=C(C(C)(C)C)[C@H]2[C@@H](C(Cl)(Cl)Cl)O[C@@H]1S2=O. The molecule has 116 valence electrons. The molecule has 1 saturated heterocycles. The minimum Gasteiger partial charge on any atom is -0.351 e. The normalized spacial score (nSPS) is 35.0. The van der Waals surface area contributed by atoms with E-state index in [0.717, 1.165) is 11.1 Å². The van der Waals surface area contributed by atoms with E-state index < -0.39 is 26.1 Å². The van der Waals surface area contributed by atoms with Crippen molar-refractivity contribution in [2.75, 3.05) is 0 Å². The number of alkyl halides is 3. The van der Waals surface area contributed by atoms with Crippen LogP contribution in [0.5, 0.6) is 0 Å². The largest absolute Gasteiger partial charge is 0.351 e. The van der Waals surface area contributed by atoms with Crippen molar-refractivity contribution in [2.45, 2.75) is 62.1 Å². The number of ether oxygens (including phenoxy) is 1. The van der Waals surface area contributed by atoms with Gasteiger partial charge in [-0.2, -0.15) is 0 Å². The Morgan fingerprint density at radius 1 is 0.950 bits per heavy atom. The summed E-state index contributed by atoms with van der Waals surface area (Å²) in [7, 11) is -1.18. The van der Waals surface area contributed by atoms with Gasteiger partial charge in [-0.1, -0.05) is 76.3 Å². The second-order valence-electron chi connectivity index (χ2n) is 7.51. The van der Waals surface area contributed by atoms with Crippen LogP contribution in [0.2, 0.25) is 0 Å². The van der Waals surface area contributed by atoms with Gasteiger partial charge in [-0.25, -0.2) is 0 Å². The van der Waals surface area contributed by atoms with Crippen molar-refractivity contribution < 1.29 is 8.95 Å². The standard InChI is InChI=1S/C14H21Cl3O2S/c1-12(2,3)7-8(13(4,5)6)11-19-10(14(15,16)17)9(7)20(11)18/h9-11H,1-6H3/t9-,10-,11+,20?/m0/s1. The molecule has 4 atom stereocenters. The van der Waals surface area contributed by atoms with Gasteiger partial charge in [0.15, 0.2) is 5.44 Å². The van der Waals surface area contributed by atoms with Gasteiger partial charge < -0.3 is 4.74 Å². The zero-order valence-electron chi connectivity index (χ0n) is 12.6. The summed E-state index contributed by atoms with van der Waals surface area (Å²) in [5.41, 5.74) is 1.55. The van der Waals surface area contributed by atoms with E-state index in [1.54, 1.807) is 0 Å². The molecule has 0 radical (unpaired) electrons. The Morgan fingerprint density at radius 3 is 1.75 bits per heavy atom. The average molecular weight is 360 g/mol. The highest BCUT2D eigenvalue weighted by Crippen LogP contribution is 2.56. The quantitative estimate of drug-likeness (QED) is 0.466. The first-order chi connectivity index (χ1) is 8.76. The van der Waals surface area contributed by atoms with Crippen molar-refractivity contribution in [3.8, 4) is 0 Å². The zero-order valence-corrected chi connectivity index (χ0v) is 15.7. The van der Waals surface area contributed by atoms with E-state index in [-0.39, 0.29) is 16.1 Å². The third kappa shape index (κ3) is 2.69. The predicted octanol–water partition coefficient (Wildman–Crippen LogP) is 4.60. The van der Waals surface area contributed by atoms with Crippen molar-refractivity contribution in [2.24, 2.45) is 10.8 Å². The van der Waals surface area contributed by atoms with Crippen LogP contribution in [0.4, 0.5) is 0 Å². The smallest absolute Gasteiger partial charge is 0.217 e. The maximum absolute atomic E-state index is 12.7. The molecule has 20 heavy (non-hydrogen) atoms. The molecule has 0 saturated carbocycles. The van der Waals surface area contributed by atoms with Crippen LogP contribution in [-0.2, 0) is 15.5 Å². The topological polar surface area (TPSA) is 26.3 Å². The van der Waals surface area contributed by atoms with Crippen molar-refractivity contribution in [3.63, 3.8) is 0 Å². The highest BCUT2D eigenvalue weighted by atomic mass is 35.6. The predicted molar refractivity (Wildman–Crippen MR) is 86.8 cm³/mol. The molecule has 0 aromatic rings. The van der Waals surface area contributed by atoms with E-state index in [0.29, 0.717) is 0 Å². The molecular formula is C14H21Cl3O2S. The Labute approximate surface area is 138 Å². The van der Waals surface area contributed by atoms with Gasteiger partial charge in [0.2, 0.25) is 3.79 Å². The van der Waals surface area contributed by atoms with Crippen molar-refractivity contribution in [1.82, 2.24) is 0 Å². The van der Waals surface area contributed by atoms with Crippen LogP contribution in [-0.4, -0.2) is 24.8 Å². The molecule has 2 aliphatic heterocycles. The summed E-state index contributed by atoms with van der Waals surface area (Å²) in [5, 5.41) is -0.332. The van der Waals surface area contributed by atoms with Gasteiger partial charge in [-0.15, -0.1) is 0 Å². The lowest BCUT2D eigenvalue weighted by Gasteiger charge is -2.39. The Hall–Kier alpha value is 0.720. The van der Waals surface area contributed by atoms with Gasteiger partial charge in [0.1, 0.15) is 6.10 Å². The van der Waals surface area contributed by atoms with Gasteiger partial charge in [0, 0.05) is 0 Å². The fourth-order valence-corrected chi connectivity index (χ4v) is 6.27. The second kappa shape index (κ2) is 4.86. The maximum Gasteiger partial charge on any atom is 0.217 e. The highest BCUT2D eigenvalue weighted by Gasteiger charge is 2.61. The molecule has 6 heteroatoms. The molecule has 1 unspecified atom stereocenters. The lowest BCUT2D eigenvalue weighted by molar-refractivity contribution is 0.0504. The van der Waals surface area contributed by atoms with Crippen molar-refractivity contribution in [3.05, 3.63) is 11.1 Å². The van der Waals surface area contributed by atoms with Gasteiger partial charge >= 0.3 is 0 Å². The second-order valence-corrected chi connectivity index (χ2v) is 11.5. The van der Waals surface area contributed by atoms with Crippen LogP contribution in [0.3, 0.4) is 0 Å². The Morgan fingerprint density at radius 2 is 1.40 bits per heavy atom. The molecule has 0 aromatic heterocycles. The molecule has 2 heterocycles. The Balaban J connectivity index is 2.61. The summed E-state index contributed by atoms with van der Waals surface area (Å²) < 4.78 is 17.0. The molecule has 0 aliphatic carbocycles. The first-order valence-electron chi connectivity index (χ1n) is 6.63. The molecular weight excluding hydrogens is 339 g/mol. The van der Waals surface area contributed by atoms with Gasteiger partial charge in [0.05, 0.1) is 16.0 Å². The first-order valence-corrected chi connectivity index (χ1v) is 9.04. The molecule has 1 fully saturated rings. The summed E-state index contributed by atoms with van der Waals surface area (Å²) in [5.74, 6) is 0. The minimum absolute atomic E-state index is 0.115. The molecule has 0 N–H and O–H groups in total. The summed E-state index contributed by atoms with van der Waals surface area (Å²) >= 11 is 18.1. The van der Waals surface area contributed by atoms with E-state index in [1.165, 1.54) is 0 Å². The molecule has 2 aliphatic rings. The summed E-state index contributed by atoms with van der Waals surface area (Å²) in [6.45, 7) is 12.7. The van der Waals surface area contributed by atoms with E-state index in [2.05, 4.69) is 41.5 Å². The number of rotatable bonds is 0. The fourth-order valence-electron chi connectivity index (χ4n) is 3.08. The number of halogens is 3. The lowest BCUT2D eigenvalue weighted by atomic mass is 9.72. The third-order valence-corrected chi connectivity index (χ3v) is 6.15. The molecule has 2 bridgehead atoms. The zero-order chi connectivity index (χ0) is 15.7. The van der Waals surface area contributed by atoms with E-state index in [1.807, 2.05) is 0 Å². The van der Waals surface area contributed by atoms with Crippen molar-refractivity contribution in [1.29, 1.82) is 0 Å². The molecule has 2 rings (SSSR count). The van der Waals surface area contributed by atoms with Crippen LogP contribution in [0, 0.1) is 10.8 Å². The van der Waals surface area contributed by atoms with E-state index >= 15 is 0 Å². The monoisotopic (exact) mass is 358 g/mol. The van der Waals surface area contributed by atoms with Gasteiger partial charge in [0.25, 0.3) is 0 Å². The third-order valence-electron chi connectivity index (χ3n) is 3.76. The molecule has 0 aromatic carbocycles. The minimum atomic E-state index is -1.56. The Bertz CT molecular complexity index is 480. The number of hydrogen-bond acceptors (Lipinski definition) is 2. The lowest BCUT2D eigenvalue weighted by Crippen LogP contribution is -2.43. The molecule has 0 spiro atoms. The highest BCUT2D eigenvalue weighted by molar-refractivity contribution is 7.87. The number of hydrogen-bond donors (Lipinski definition) is 0. The van der Waals surface area contributed by atoms with Gasteiger partial charge in [-0.3, -0.25) is 4.21 Å². The average Bonchev–Trinajstić information content (AvgIpc) is 2.66. The van der Waals surface area contributed by atoms with Crippen LogP contribution >= 0.6 is 34.8 Å². The van der Waals surface area contributed by atoms with E-state index in [9.17, 15) is 4.21 Å². The van der Waals surface area contributed by atoms with Crippen LogP contribution in [0.1, 0.15) is 41.5 Å². The van der Waals surface area contributed by atoms with Crippen LogP contribution in [0.25, 0.3) is 0 Å². The first kappa shape index (κ1) is 17.1. The number of fused-ring (bicyclic) bond motifs is 2. The van der Waals surface area contributed by atoms with Gasteiger partial charge in [-0.05, 0) is 22.0 Å². The van der Waals surface area contributed by atoms with Crippen LogP contribution < -0.4 is 0 Å². The summed E-state index contributed by atoms with van der Waals surface area (Å²) in [6.07, 6.45) is -0.640. The Kier molecular flexibility index (Phi) is 4.15. The van der Waals surface area contributed by atoms with Crippen molar-refractivity contribution >= 4 is 45.6 Å². The van der Waals surface area contributed by atoms with E-state index in [4.69, 9.17) is 39.5 Å². The summed E-state index contributed by atoms with van der Waals surface area (Å²) in [4.78, 5) is 0. The fraction of sp³-hybridized carbons (Fsp3) is 0.857. The maximum atomic E-state index is 12.7. The summed E-state index contributed by atoms with van der Waals surface area (Å²) in [6, 6.07) is 0.